The minimum Gasteiger partial charge on any atom is -0.479 e. The molecule has 7 heteroatoms. The Hall–Kier alpha value is -0.660. The fraction of sp³-hybridized carbons (Fsp3) is 0.800. The van der Waals surface area contributed by atoms with E-state index in [9.17, 15) is 13.2 Å². The van der Waals surface area contributed by atoms with Crippen molar-refractivity contribution in [3.8, 4) is 0 Å². The van der Waals surface area contributed by atoms with E-state index in [1.807, 2.05) is 0 Å². The van der Waals surface area contributed by atoms with Gasteiger partial charge in [-0.1, -0.05) is 6.92 Å². The monoisotopic (exact) mass is 198 g/mol. The van der Waals surface area contributed by atoms with Crippen LogP contribution in [0.2, 0.25) is 0 Å². The van der Waals surface area contributed by atoms with Crippen LogP contribution in [0.3, 0.4) is 0 Å². The number of hydrogen-bond acceptors (Lipinski definition) is 4. The molecule has 0 rings (SSSR count). The Labute approximate surface area is 69.6 Å². The molecule has 0 radical (unpaired) electrons. The largest absolute Gasteiger partial charge is 0.479 e. The van der Waals surface area contributed by atoms with E-state index in [0.717, 1.165) is 0 Å². The highest BCUT2D eigenvalue weighted by Gasteiger charge is 2.33. The number of rotatable bonds is 4. The van der Waals surface area contributed by atoms with Gasteiger partial charge in [0.2, 0.25) is 0 Å². The number of aliphatic hydroxyl groups excluding tert-OH is 1. The van der Waals surface area contributed by atoms with Crippen molar-refractivity contribution < 1.29 is 28.0 Å². The molecule has 2 atom stereocenters. The van der Waals surface area contributed by atoms with Gasteiger partial charge in [-0.05, 0) is 6.42 Å². The number of carboxylic acid groups (broad SMARTS) is 1. The van der Waals surface area contributed by atoms with Crippen LogP contribution in [0.1, 0.15) is 13.3 Å². The highest BCUT2D eigenvalue weighted by Crippen LogP contribution is 2.09. The molecule has 0 amide bonds. The maximum absolute atomic E-state index is 10.4. The second-order valence-electron chi connectivity index (χ2n) is 2.24. The van der Waals surface area contributed by atoms with Crippen LogP contribution in [-0.4, -0.2) is 40.5 Å². The molecule has 72 valence electrons. The van der Waals surface area contributed by atoms with E-state index in [-0.39, 0.29) is 6.42 Å². The van der Waals surface area contributed by atoms with Crippen molar-refractivity contribution in [2.24, 2.45) is 0 Å². The second-order valence-corrected chi connectivity index (χ2v) is 3.88. The van der Waals surface area contributed by atoms with Crippen molar-refractivity contribution >= 4 is 16.1 Å². The Balaban J connectivity index is 4.70. The summed E-state index contributed by atoms with van der Waals surface area (Å²) >= 11 is 0. The summed E-state index contributed by atoms with van der Waals surface area (Å²) in [7, 11) is -4.49. The van der Waals surface area contributed by atoms with Crippen molar-refractivity contribution in [3.63, 3.8) is 0 Å². The van der Waals surface area contributed by atoms with Crippen LogP contribution in [-0.2, 0) is 14.9 Å². The Morgan fingerprint density at radius 3 is 2.00 bits per heavy atom. The van der Waals surface area contributed by atoms with Crippen molar-refractivity contribution in [2.45, 2.75) is 24.7 Å². The van der Waals surface area contributed by atoms with Crippen LogP contribution in [0, 0.1) is 0 Å². The first-order valence-corrected chi connectivity index (χ1v) is 4.68. The van der Waals surface area contributed by atoms with Crippen LogP contribution in [0.25, 0.3) is 0 Å². The number of aliphatic carboxylic acids is 1. The quantitative estimate of drug-likeness (QED) is 0.504. The van der Waals surface area contributed by atoms with E-state index in [0.29, 0.717) is 0 Å². The van der Waals surface area contributed by atoms with Crippen molar-refractivity contribution in [3.05, 3.63) is 0 Å². The van der Waals surface area contributed by atoms with E-state index < -0.39 is 27.4 Å². The van der Waals surface area contributed by atoms with Crippen molar-refractivity contribution in [2.75, 3.05) is 0 Å². The number of carbonyl (C=O) groups is 1. The van der Waals surface area contributed by atoms with E-state index in [1.54, 1.807) is 0 Å². The van der Waals surface area contributed by atoms with Gasteiger partial charge >= 0.3 is 5.97 Å². The van der Waals surface area contributed by atoms with E-state index in [4.69, 9.17) is 14.8 Å². The molecule has 2 unspecified atom stereocenters. The number of aliphatic hydroxyl groups is 1. The molecule has 0 saturated heterocycles. The molecule has 0 spiro atoms. The lowest BCUT2D eigenvalue weighted by molar-refractivity contribution is -0.146. The fourth-order valence-electron chi connectivity index (χ4n) is 0.756. The molecule has 6 nitrogen and oxygen atoms in total. The summed E-state index contributed by atoms with van der Waals surface area (Å²) in [5, 5.41) is 15.3. The second kappa shape index (κ2) is 3.83. The summed E-state index contributed by atoms with van der Waals surface area (Å²) in [6.07, 6.45) is -2.24. The first-order valence-electron chi connectivity index (χ1n) is 3.17. The van der Waals surface area contributed by atoms with Gasteiger partial charge < -0.3 is 10.2 Å². The minimum absolute atomic E-state index is 0.160. The molecule has 0 aliphatic carbocycles. The Morgan fingerprint density at radius 1 is 1.50 bits per heavy atom. The summed E-state index contributed by atoms with van der Waals surface area (Å²) < 4.78 is 29.3. The van der Waals surface area contributed by atoms with Gasteiger partial charge in [-0.15, -0.1) is 0 Å². The fourth-order valence-corrected chi connectivity index (χ4v) is 1.62. The van der Waals surface area contributed by atoms with Crippen LogP contribution < -0.4 is 0 Å². The third kappa shape index (κ3) is 2.76. The lowest BCUT2D eigenvalue weighted by Crippen LogP contribution is -2.38. The van der Waals surface area contributed by atoms with Gasteiger partial charge in [0.15, 0.2) is 6.10 Å². The van der Waals surface area contributed by atoms with Gasteiger partial charge in [0.05, 0.1) is 0 Å². The summed E-state index contributed by atoms with van der Waals surface area (Å²) in [5.41, 5.74) is 0. The zero-order valence-corrected chi connectivity index (χ0v) is 7.15. The number of carboxylic acids is 1. The third-order valence-corrected chi connectivity index (χ3v) is 2.75. The van der Waals surface area contributed by atoms with Crippen molar-refractivity contribution in [1.29, 1.82) is 0 Å². The Morgan fingerprint density at radius 2 is 1.92 bits per heavy atom. The molecular weight excluding hydrogens is 188 g/mol. The molecule has 0 aromatic rings. The smallest absolute Gasteiger partial charge is 0.333 e. The van der Waals surface area contributed by atoms with Gasteiger partial charge in [0.25, 0.3) is 10.1 Å². The topological polar surface area (TPSA) is 112 Å². The summed E-state index contributed by atoms with van der Waals surface area (Å²) in [6, 6.07) is 0. The van der Waals surface area contributed by atoms with Gasteiger partial charge in [0.1, 0.15) is 5.25 Å². The van der Waals surface area contributed by atoms with Gasteiger partial charge in [0, 0.05) is 0 Å². The van der Waals surface area contributed by atoms with Gasteiger partial charge in [-0.25, -0.2) is 4.79 Å². The highest BCUT2D eigenvalue weighted by atomic mass is 32.2. The average Bonchev–Trinajstić information content (AvgIpc) is 1.85. The maximum Gasteiger partial charge on any atom is 0.333 e. The van der Waals surface area contributed by atoms with Crippen LogP contribution in [0.5, 0.6) is 0 Å². The van der Waals surface area contributed by atoms with Crippen LogP contribution in [0.4, 0.5) is 0 Å². The van der Waals surface area contributed by atoms with E-state index in [1.165, 1.54) is 6.92 Å². The summed E-state index contributed by atoms with van der Waals surface area (Å²) in [5.74, 6) is -1.67. The maximum atomic E-state index is 10.4. The van der Waals surface area contributed by atoms with Gasteiger partial charge in [-0.3, -0.25) is 4.55 Å². The average molecular weight is 198 g/mol. The normalized spacial score (nSPS) is 16.9. The molecule has 0 aliphatic rings. The van der Waals surface area contributed by atoms with Crippen molar-refractivity contribution in [1.82, 2.24) is 0 Å². The molecule has 3 N–H and O–H groups in total. The zero-order chi connectivity index (χ0) is 9.94. The molecule has 12 heavy (non-hydrogen) atoms. The molecule has 0 aromatic carbocycles. The molecular formula is C5H10O6S. The zero-order valence-electron chi connectivity index (χ0n) is 6.34. The van der Waals surface area contributed by atoms with E-state index in [2.05, 4.69) is 0 Å². The summed E-state index contributed by atoms with van der Waals surface area (Å²) in [6.45, 7) is 1.35. The molecule has 0 bridgehead atoms. The lowest BCUT2D eigenvalue weighted by Gasteiger charge is -2.13. The third-order valence-electron chi connectivity index (χ3n) is 1.39. The molecule has 0 aromatic heterocycles. The number of hydrogen-bond donors (Lipinski definition) is 3. The highest BCUT2D eigenvalue weighted by molar-refractivity contribution is 7.86. The lowest BCUT2D eigenvalue weighted by atomic mass is 10.2. The molecule has 0 aliphatic heterocycles. The van der Waals surface area contributed by atoms with Crippen LogP contribution in [0.15, 0.2) is 0 Å². The first kappa shape index (κ1) is 11.3. The Kier molecular flexibility index (Phi) is 3.62. The summed E-state index contributed by atoms with van der Waals surface area (Å²) in [4.78, 5) is 10.1. The molecule has 0 saturated carbocycles. The van der Waals surface area contributed by atoms with E-state index >= 15 is 0 Å². The van der Waals surface area contributed by atoms with Gasteiger partial charge in [-0.2, -0.15) is 8.42 Å². The van der Waals surface area contributed by atoms with Crippen LogP contribution >= 0.6 is 0 Å². The first-order chi connectivity index (χ1) is 5.30. The SMILES string of the molecule is CCC(C(O)C(=O)O)S(=O)(=O)O. The molecule has 0 fully saturated rings. The Bertz CT molecular complexity index is 255. The minimum atomic E-state index is -4.49. The predicted octanol–water partition coefficient (Wildman–Crippen LogP) is -0.902. The molecule has 0 heterocycles. The predicted molar refractivity (Wildman–Crippen MR) is 39.3 cm³/mol. The standard InChI is InChI=1S/C5H10O6S/c1-2-3(12(9,10)11)4(6)5(7)8/h3-4,6H,2H2,1H3,(H,7,8)(H,9,10,11).